The molecule has 31 heavy (non-hydrogen) atoms. The summed E-state index contributed by atoms with van der Waals surface area (Å²) in [6, 6.07) is 19.6. The summed E-state index contributed by atoms with van der Waals surface area (Å²) in [5.41, 5.74) is 2.15. The fraction of sp³-hybridized carbons (Fsp3) is 0.130. The van der Waals surface area contributed by atoms with E-state index in [0.717, 1.165) is 10.5 Å². The number of halogens is 2. The minimum atomic E-state index is -0.164. The van der Waals surface area contributed by atoms with Crippen LogP contribution in [0.1, 0.15) is 5.56 Å². The second-order valence-electron chi connectivity index (χ2n) is 6.57. The summed E-state index contributed by atoms with van der Waals surface area (Å²) in [5.74, 6) is 0.470. The molecule has 2 N–H and O–H groups in total. The van der Waals surface area contributed by atoms with Gasteiger partial charge in [0, 0.05) is 21.3 Å². The number of ether oxygens (including phenoxy) is 1. The van der Waals surface area contributed by atoms with Gasteiger partial charge in [-0.2, -0.15) is 0 Å². The van der Waals surface area contributed by atoms with Crippen LogP contribution >= 0.6 is 35.0 Å². The Morgan fingerprint density at radius 1 is 0.903 bits per heavy atom. The van der Waals surface area contributed by atoms with Gasteiger partial charge in [-0.3, -0.25) is 9.59 Å². The van der Waals surface area contributed by atoms with Crippen LogP contribution < -0.4 is 15.4 Å². The zero-order valence-electron chi connectivity index (χ0n) is 16.7. The highest BCUT2D eigenvalue weighted by Crippen LogP contribution is 2.27. The quantitative estimate of drug-likeness (QED) is 0.398. The number of nitrogens with one attached hydrogen (secondary N) is 2. The molecule has 0 aromatic heterocycles. The Balaban J connectivity index is 1.51. The first-order valence-corrected chi connectivity index (χ1v) is 11.1. The molecule has 0 saturated heterocycles. The van der Waals surface area contributed by atoms with Crippen molar-refractivity contribution in [3.8, 4) is 5.75 Å². The number of carbonyl (C=O) groups is 2. The maximum absolute atomic E-state index is 12.3. The Morgan fingerprint density at radius 2 is 1.61 bits per heavy atom. The van der Waals surface area contributed by atoms with Crippen LogP contribution in [-0.4, -0.2) is 24.7 Å². The number of thioether (sulfide) groups is 1. The summed E-state index contributed by atoms with van der Waals surface area (Å²) >= 11 is 13.3. The molecule has 3 rings (SSSR count). The van der Waals surface area contributed by atoms with E-state index in [4.69, 9.17) is 27.9 Å². The lowest BCUT2D eigenvalue weighted by atomic mass is 10.1. The molecule has 0 atom stereocenters. The van der Waals surface area contributed by atoms with Crippen molar-refractivity contribution in [2.75, 3.05) is 23.5 Å². The van der Waals surface area contributed by atoms with Crippen molar-refractivity contribution in [3.05, 3.63) is 82.3 Å². The highest BCUT2D eigenvalue weighted by atomic mass is 35.5. The first-order chi connectivity index (χ1) is 14.9. The van der Waals surface area contributed by atoms with Crippen LogP contribution in [0.15, 0.2) is 71.6 Å². The number of methoxy groups -OCH3 is 1. The van der Waals surface area contributed by atoms with Gasteiger partial charge in [0.15, 0.2) is 0 Å². The number of carbonyl (C=O) groups excluding carboxylic acids is 2. The lowest BCUT2D eigenvalue weighted by molar-refractivity contribution is -0.115. The van der Waals surface area contributed by atoms with Crippen molar-refractivity contribution in [2.24, 2.45) is 0 Å². The average Bonchev–Trinajstić information content (AvgIpc) is 2.74. The van der Waals surface area contributed by atoms with E-state index in [1.807, 2.05) is 36.4 Å². The lowest BCUT2D eigenvalue weighted by Crippen LogP contribution is -2.15. The third-order valence-electron chi connectivity index (χ3n) is 4.20. The largest absolute Gasteiger partial charge is 0.495 e. The SMILES string of the molecule is COc1ccc(NC(=O)CSc2cccc(NC(=O)Cc3ccc(Cl)cc3)c2)cc1Cl. The van der Waals surface area contributed by atoms with E-state index in [-0.39, 0.29) is 24.0 Å². The molecule has 0 heterocycles. The van der Waals surface area contributed by atoms with Crippen LogP contribution in [0.5, 0.6) is 5.75 Å². The van der Waals surface area contributed by atoms with Gasteiger partial charge in [0.05, 0.1) is 24.3 Å². The van der Waals surface area contributed by atoms with Gasteiger partial charge in [-0.25, -0.2) is 0 Å². The minimum absolute atomic E-state index is 0.126. The van der Waals surface area contributed by atoms with E-state index < -0.39 is 0 Å². The van der Waals surface area contributed by atoms with Gasteiger partial charge in [-0.05, 0) is 54.1 Å². The first-order valence-electron chi connectivity index (χ1n) is 9.33. The molecule has 5 nitrogen and oxygen atoms in total. The van der Waals surface area contributed by atoms with Gasteiger partial charge in [0.2, 0.25) is 11.8 Å². The zero-order chi connectivity index (χ0) is 22.2. The van der Waals surface area contributed by atoms with E-state index in [1.54, 1.807) is 30.3 Å². The summed E-state index contributed by atoms with van der Waals surface area (Å²) in [7, 11) is 1.53. The van der Waals surface area contributed by atoms with Crippen molar-refractivity contribution in [2.45, 2.75) is 11.3 Å². The zero-order valence-corrected chi connectivity index (χ0v) is 19.0. The topological polar surface area (TPSA) is 67.4 Å². The maximum atomic E-state index is 12.3. The molecular weight excluding hydrogens is 455 g/mol. The average molecular weight is 475 g/mol. The number of hydrogen-bond acceptors (Lipinski definition) is 4. The molecule has 0 aliphatic heterocycles. The molecule has 0 unspecified atom stereocenters. The van der Waals surface area contributed by atoms with Crippen molar-refractivity contribution >= 4 is 58.2 Å². The van der Waals surface area contributed by atoms with Gasteiger partial charge in [-0.1, -0.05) is 41.4 Å². The third-order valence-corrected chi connectivity index (χ3v) is 5.74. The molecule has 0 saturated carbocycles. The minimum Gasteiger partial charge on any atom is -0.495 e. The summed E-state index contributed by atoms with van der Waals surface area (Å²) in [5, 5.41) is 6.74. The van der Waals surface area contributed by atoms with Gasteiger partial charge in [0.25, 0.3) is 0 Å². The first kappa shape index (κ1) is 23.0. The van der Waals surface area contributed by atoms with Crippen LogP contribution in [0.4, 0.5) is 11.4 Å². The van der Waals surface area contributed by atoms with Crippen LogP contribution in [0.3, 0.4) is 0 Å². The van der Waals surface area contributed by atoms with Gasteiger partial charge >= 0.3 is 0 Å². The van der Waals surface area contributed by atoms with Crippen LogP contribution in [-0.2, 0) is 16.0 Å². The van der Waals surface area contributed by atoms with Gasteiger partial charge in [0.1, 0.15) is 5.75 Å². The van der Waals surface area contributed by atoms with Crippen molar-refractivity contribution in [1.82, 2.24) is 0 Å². The molecule has 0 fully saturated rings. The molecule has 0 spiro atoms. The van der Waals surface area contributed by atoms with Crippen LogP contribution in [0.25, 0.3) is 0 Å². The van der Waals surface area contributed by atoms with E-state index in [1.165, 1.54) is 18.9 Å². The Hall–Kier alpha value is -2.67. The van der Waals surface area contributed by atoms with Gasteiger partial charge < -0.3 is 15.4 Å². The number of rotatable bonds is 8. The summed E-state index contributed by atoms with van der Waals surface area (Å²) in [4.78, 5) is 25.4. The van der Waals surface area contributed by atoms with E-state index in [2.05, 4.69) is 10.6 Å². The Morgan fingerprint density at radius 3 is 2.32 bits per heavy atom. The van der Waals surface area contributed by atoms with Crippen LogP contribution in [0.2, 0.25) is 10.0 Å². The van der Waals surface area contributed by atoms with Crippen molar-refractivity contribution in [3.63, 3.8) is 0 Å². The summed E-state index contributed by atoms with van der Waals surface area (Å²) < 4.78 is 5.10. The standard InChI is InChI=1S/C23H20Cl2N2O3S/c1-30-21-10-9-18(13-20(21)25)27-23(29)14-31-19-4-2-3-17(12-19)26-22(28)11-15-5-7-16(24)8-6-15/h2-10,12-13H,11,14H2,1H3,(H,26,28)(H,27,29). The molecule has 3 aromatic rings. The molecule has 0 aliphatic carbocycles. The molecule has 0 radical (unpaired) electrons. The summed E-state index contributed by atoms with van der Waals surface area (Å²) in [6.07, 6.45) is 0.251. The third kappa shape index (κ3) is 7.21. The molecule has 3 aromatic carbocycles. The van der Waals surface area contributed by atoms with E-state index >= 15 is 0 Å². The van der Waals surface area contributed by atoms with Crippen molar-refractivity contribution in [1.29, 1.82) is 0 Å². The van der Waals surface area contributed by atoms with Crippen LogP contribution in [0, 0.1) is 0 Å². The molecule has 0 aliphatic rings. The van der Waals surface area contributed by atoms with Gasteiger partial charge in [-0.15, -0.1) is 11.8 Å². The van der Waals surface area contributed by atoms with E-state index in [9.17, 15) is 9.59 Å². The Labute approximate surface area is 195 Å². The smallest absolute Gasteiger partial charge is 0.234 e. The predicted molar refractivity (Wildman–Crippen MR) is 128 cm³/mol. The number of amides is 2. The second-order valence-corrected chi connectivity index (χ2v) is 8.46. The monoisotopic (exact) mass is 474 g/mol. The number of hydrogen-bond donors (Lipinski definition) is 2. The highest BCUT2D eigenvalue weighted by molar-refractivity contribution is 8.00. The predicted octanol–water partition coefficient (Wildman–Crippen LogP) is 5.91. The highest BCUT2D eigenvalue weighted by Gasteiger charge is 2.08. The number of benzene rings is 3. The Bertz CT molecular complexity index is 1070. The lowest BCUT2D eigenvalue weighted by Gasteiger charge is -2.09. The molecular formula is C23H20Cl2N2O3S. The Kier molecular flexibility index (Phi) is 8.23. The summed E-state index contributed by atoms with van der Waals surface area (Å²) in [6.45, 7) is 0. The molecule has 8 heteroatoms. The second kappa shape index (κ2) is 11.1. The number of anilines is 2. The fourth-order valence-corrected chi connectivity index (χ4v) is 3.89. The normalized spacial score (nSPS) is 10.4. The maximum Gasteiger partial charge on any atom is 0.234 e. The molecule has 2 amide bonds. The fourth-order valence-electron chi connectivity index (χ4n) is 2.75. The molecule has 160 valence electrons. The van der Waals surface area contributed by atoms with E-state index in [0.29, 0.717) is 27.2 Å². The molecule has 0 bridgehead atoms. The van der Waals surface area contributed by atoms with Crippen molar-refractivity contribution < 1.29 is 14.3 Å².